The van der Waals surface area contributed by atoms with Gasteiger partial charge < -0.3 is 5.11 Å². The van der Waals surface area contributed by atoms with E-state index in [1.165, 1.54) is 0 Å². The van der Waals surface area contributed by atoms with Crippen molar-refractivity contribution in [2.45, 2.75) is 38.0 Å². The molecule has 0 radical (unpaired) electrons. The summed E-state index contributed by atoms with van der Waals surface area (Å²) in [6.07, 6.45) is 3.38. The number of alkyl halides is 1. The van der Waals surface area contributed by atoms with E-state index in [4.69, 9.17) is 16.7 Å². The zero-order valence-corrected chi connectivity index (χ0v) is 8.10. The van der Waals surface area contributed by atoms with Crippen molar-refractivity contribution in [3.8, 4) is 0 Å². The molecular weight excluding hydrogens is 176 g/mol. The Labute approximate surface area is 78.2 Å². The Bertz CT molecular complexity index is 166. The predicted molar refractivity (Wildman–Crippen MR) is 50.6 cm³/mol. The topological polar surface area (TPSA) is 37.3 Å². The summed E-state index contributed by atoms with van der Waals surface area (Å²) in [6, 6.07) is 0. The second-order valence-corrected chi connectivity index (χ2v) is 3.47. The number of hydrogen-bond acceptors (Lipinski definition) is 1. The van der Waals surface area contributed by atoms with Crippen LogP contribution < -0.4 is 0 Å². The minimum absolute atomic E-state index is 0.0754. The number of aliphatic carboxylic acids is 1. The van der Waals surface area contributed by atoms with Gasteiger partial charge in [0.2, 0.25) is 0 Å². The first-order valence-electron chi connectivity index (χ1n) is 4.13. The van der Waals surface area contributed by atoms with Crippen LogP contribution in [0.2, 0.25) is 0 Å². The molecular formula is C9H15ClO2. The number of carbonyl (C=O) groups is 1. The van der Waals surface area contributed by atoms with Gasteiger partial charge in [-0.2, -0.15) is 0 Å². The van der Waals surface area contributed by atoms with Crippen molar-refractivity contribution < 1.29 is 9.90 Å². The van der Waals surface area contributed by atoms with Gasteiger partial charge in [-0.3, -0.25) is 0 Å². The molecule has 0 saturated heterocycles. The maximum Gasteiger partial charge on any atom is 0.331 e. The third-order valence-corrected chi connectivity index (χ3v) is 2.01. The predicted octanol–water partition coefficient (Wildman–Crippen LogP) is 2.81. The summed E-state index contributed by atoms with van der Waals surface area (Å²) in [4.78, 5) is 10.4. The van der Waals surface area contributed by atoms with Gasteiger partial charge >= 0.3 is 5.97 Å². The van der Waals surface area contributed by atoms with Crippen LogP contribution >= 0.6 is 11.6 Å². The van der Waals surface area contributed by atoms with E-state index >= 15 is 0 Å². The van der Waals surface area contributed by atoms with Gasteiger partial charge in [-0.05, 0) is 12.8 Å². The largest absolute Gasteiger partial charge is 0.478 e. The molecule has 1 atom stereocenters. The van der Waals surface area contributed by atoms with E-state index in [9.17, 15) is 4.79 Å². The fraction of sp³-hybridized carbons (Fsp3) is 0.667. The van der Waals surface area contributed by atoms with Crippen LogP contribution in [0.5, 0.6) is 0 Å². The SMILES string of the molecule is C=C(CC(Cl)CCCC)C(=O)O. The van der Waals surface area contributed by atoms with Crippen LogP contribution in [-0.2, 0) is 4.79 Å². The molecule has 0 bridgehead atoms. The number of carboxylic acids is 1. The third-order valence-electron chi connectivity index (χ3n) is 1.64. The fourth-order valence-electron chi connectivity index (χ4n) is 0.882. The molecule has 0 fully saturated rings. The molecule has 1 unspecified atom stereocenters. The molecule has 70 valence electrons. The van der Waals surface area contributed by atoms with Gasteiger partial charge in [-0.1, -0.05) is 26.3 Å². The van der Waals surface area contributed by atoms with Gasteiger partial charge in [0.15, 0.2) is 0 Å². The number of rotatable bonds is 6. The van der Waals surface area contributed by atoms with Crippen molar-refractivity contribution in [3.63, 3.8) is 0 Å². The highest BCUT2D eigenvalue weighted by Gasteiger charge is 2.10. The maximum atomic E-state index is 10.4. The van der Waals surface area contributed by atoms with Crippen LogP contribution in [0.3, 0.4) is 0 Å². The Morgan fingerprint density at radius 2 is 2.25 bits per heavy atom. The van der Waals surface area contributed by atoms with E-state index in [0.717, 1.165) is 19.3 Å². The molecule has 0 aliphatic heterocycles. The molecule has 12 heavy (non-hydrogen) atoms. The van der Waals surface area contributed by atoms with E-state index in [-0.39, 0.29) is 11.0 Å². The minimum atomic E-state index is -0.947. The van der Waals surface area contributed by atoms with Gasteiger partial charge in [0, 0.05) is 11.0 Å². The number of carboxylic acid groups (broad SMARTS) is 1. The molecule has 2 nitrogen and oxygen atoms in total. The van der Waals surface area contributed by atoms with Gasteiger partial charge in [-0.25, -0.2) is 4.79 Å². The van der Waals surface area contributed by atoms with Crippen molar-refractivity contribution in [2.75, 3.05) is 0 Å². The lowest BCUT2D eigenvalue weighted by molar-refractivity contribution is -0.132. The van der Waals surface area contributed by atoms with E-state index in [1.54, 1.807) is 0 Å². The summed E-state index contributed by atoms with van der Waals surface area (Å²) in [7, 11) is 0. The Morgan fingerprint density at radius 1 is 1.67 bits per heavy atom. The Morgan fingerprint density at radius 3 is 2.67 bits per heavy atom. The standard InChI is InChI=1S/C9H15ClO2/c1-3-4-5-8(10)6-7(2)9(11)12/h8H,2-6H2,1H3,(H,11,12). The Balaban J connectivity index is 3.61. The first kappa shape index (κ1) is 11.5. The molecule has 0 amide bonds. The summed E-state index contributed by atoms with van der Waals surface area (Å²) < 4.78 is 0. The molecule has 0 aromatic carbocycles. The summed E-state index contributed by atoms with van der Waals surface area (Å²) >= 11 is 5.87. The van der Waals surface area contributed by atoms with Crippen molar-refractivity contribution >= 4 is 17.6 Å². The van der Waals surface area contributed by atoms with Crippen molar-refractivity contribution in [3.05, 3.63) is 12.2 Å². The highest BCUT2D eigenvalue weighted by molar-refractivity contribution is 6.21. The summed E-state index contributed by atoms with van der Waals surface area (Å²) in [5.41, 5.74) is 0.200. The van der Waals surface area contributed by atoms with Crippen molar-refractivity contribution in [1.82, 2.24) is 0 Å². The highest BCUT2D eigenvalue weighted by Crippen LogP contribution is 2.15. The van der Waals surface area contributed by atoms with Crippen LogP contribution in [0.1, 0.15) is 32.6 Å². The quantitative estimate of drug-likeness (QED) is 0.517. The third kappa shape index (κ3) is 5.19. The monoisotopic (exact) mass is 190 g/mol. The van der Waals surface area contributed by atoms with Gasteiger partial charge in [0.05, 0.1) is 0 Å². The van der Waals surface area contributed by atoms with Crippen LogP contribution in [0, 0.1) is 0 Å². The lowest BCUT2D eigenvalue weighted by atomic mass is 10.1. The molecule has 0 heterocycles. The zero-order valence-electron chi connectivity index (χ0n) is 7.35. The average molecular weight is 191 g/mol. The summed E-state index contributed by atoms with van der Waals surface area (Å²) in [5, 5.41) is 8.42. The smallest absolute Gasteiger partial charge is 0.331 e. The van der Waals surface area contributed by atoms with Crippen molar-refractivity contribution in [2.24, 2.45) is 0 Å². The van der Waals surface area contributed by atoms with Crippen LogP contribution in [0.25, 0.3) is 0 Å². The fourth-order valence-corrected chi connectivity index (χ4v) is 1.22. The molecule has 0 aromatic rings. The van der Waals surface area contributed by atoms with E-state index < -0.39 is 5.97 Å². The maximum absolute atomic E-state index is 10.4. The van der Waals surface area contributed by atoms with Gasteiger partial charge in [0.1, 0.15) is 0 Å². The molecule has 0 rings (SSSR count). The van der Waals surface area contributed by atoms with Crippen LogP contribution in [0.4, 0.5) is 0 Å². The first-order chi connectivity index (χ1) is 5.57. The van der Waals surface area contributed by atoms with E-state index in [1.807, 2.05) is 0 Å². The summed E-state index contributed by atoms with van der Waals surface area (Å²) in [6.45, 7) is 5.50. The normalized spacial score (nSPS) is 12.5. The lowest BCUT2D eigenvalue weighted by Gasteiger charge is -2.07. The lowest BCUT2D eigenvalue weighted by Crippen LogP contribution is -2.06. The van der Waals surface area contributed by atoms with E-state index in [0.29, 0.717) is 6.42 Å². The summed E-state index contributed by atoms with van der Waals surface area (Å²) in [5.74, 6) is -0.947. The molecule has 3 heteroatoms. The van der Waals surface area contributed by atoms with E-state index in [2.05, 4.69) is 13.5 Å². The molecule has 0 aliphatic rings. The second-order valence-electron chi connectivity index (χ2n) is 2.85. The van der Waals surface area contributed by atoms with Crippen LogP contribution in [0.15, 0.2) is 12.2 Å². The molecule has 1 N–H and O–H groups in total. The van der Waals surface area contributed by atoms with Crippen molar-refractivity contribution in [1.29, 1.82) is 0 Å². The highest BCUT2D eigenvalue weighted by atomic mass is 35.5. The Kier molecular flexibility index (Phi) is 5.81. The molecule has 0 aromatic heterocycles. The number of hydrogen-bond donors (Lipinski definition) is 1. The minimum Gasteiger partial charge on any atom is -0.478 e. The van der Waals surface area contributed by atoms with Crippen LogP contribution in [-0.4, -0.2) is 16.5 Å². The molecule has 0 aliphatic carbocycles. The Hall–Kier alpha value is -0.500. The average Bonchev–Trinajstić information content (AvgIpc) is 2.00. The number of unbranched alkanes of at least 4 members (excludes halogenated alkanes) is 1. The zero-order chi connectivity index (χ0) is 9.56. The second kappa shape index (κ2) is 6.06. The van der Waals surface area contributed by atoms with Gasteiger partial charge in [-0.15, -0.1) is 11.6 Å². The molecule has 0 saturated carbocycles. The number of halogens is 1. The first-order valence-corrected chi connectivity index (χ1v) is 4.56. The van der Waals surface area contributed by atoms with Gasteiger partial charge in [0.25, 0.3) is 0 Å². The molecule has 0 spiro atoms.